The summed E-state index contributed by atoms with van der Waals surface area (Å²) >= 11 is 0. The molecule has 2 heterocycles. The average molecular weight is 431 g/mol. The summed E-state index contributed by atoms with van der Waals surface area (Å²) in [6.07, 6.45) is 7.66. The van der Waals surface area contributed by atoms with Gasteiger partial charge in [0.05, 0.1) is 7.11 Å². The van der Waals surface area contributed by atoms with Crippen molar-refractivity contribution in [3.8, 4) is 5.75 Å². The van der Waals surface area contributed by atoms with Crippen LogP contribution >= 0.6 is 0 Å². The molecule has 0 unspecified atom stereocenters. The van der Waals surface area contributed by atoms with E-state index in [2.05, 4.69) is 56.8 Å². The summed E-state index contributed by atoms with van der Waals surface area (Å²) in [5.74, 6) is 1.18. The van der Waals surface area contributed by atoms with Crippen molar-refractivity contribution in [1.82, 2.24) is 15.4 Å². The second kappa shape index (κ2) is 10.0. The summed E-state index contributed by atoms with van der Waals surface area (Å²) in [5, 5.41) is 6.68. The Morgan fingerprint density at radius 3 is 2.88 bits per heavy atom. The molecule has 0 bridgehead atoms. The van der Waals surface area contributed by atoms with Crippen molar-refractivity contribution in [1.29, 1.82) is 0 Å². The molecule has 7 nitrogen and oxygen atoms in total. The Morgan fingerprint density at radius 2 is 2.00 bits per heavy atom. The zero-order chi connectivity index (χ0) is 22.3. The van der Waals surface area contributed by atoms with E-state index in [0.717, 1.165) is 41.6 Å². The third-order valence-corrected chi connectivity index (χ3v) is 5.70. The highest BCUT2D eigenvalue weighted by Crippen LogP contribution is 2.26. The second-order valence-corrected chi connectivity index (χ2v) is 7.85. The number of aliphatic imine (C=N–C) groups is 1. The van der Waals surface area contributed by atoms with Crippen LogP contribution in [-0.4, -0.2) is 35.8 Å². The summed E-state index contributed by atoms with van der Waals surface area (Å²) in [6.45, 7) is 2.74. The Labute approximate surface area is 187 Å². The predicted octanol–water partition coefficient (Wildman–Crippen LogP) is 4.42. The maximum Gasteiger partial charge on any atom is 0.209 e. The standard InChI is InChI=1S/C25H30N6O/c1-17-20(22-15-19(32-2)10-11-24(22)30-17)12-14-29-31-25(26)27-13-6-5-7-18-16-28-23-9-4-3-8-21(18)23/h3-4,8-11,14-16,28,30H,5-7,12-13H2,1-2H3,(H3,26,27,31)/b29-14+. The Bertz CT molecular complexity index is 1250. The van der Waals surface area contributed by atoms with E-state index < -0.39 is 0 Å². The van der Waals surface area contributed by atoms with Gasteiger partial charge in [-0.15, -0.1) is 0 Å². The molecule has 7 heteroatoms. The fourth-order valence-corrected chi connectivity index (χ4v) is 4.00. The quantitative estimate of drug-likeness (QED) is 0.137. The van der Waals surface area contributed by atoms with Crippen molar-refractivity contribution in [3.05, 3.63) is 65.5 Å². The molecule has 5 N–H and O–H groups in total. The highest BCUT2D eigenvalue weighted by Gasteiger charge is 2.08. The van der Waals surface area contributed by atoms with Gasteiger partial charge < -0.3 is 20.4 Å². The predicted molar refractivity (Wildman–Crippen MR) is 133 cm³/mol. The number of unbranched alkanes of at least 4 members (excludes halogenated alkanes) is 1. The van der Waals surface area contributed by atoms with Crippen LogP contribution < -0.4 is 15.9 Å². The molecule has 0 amide bonds. The normalized spacial score (nSPS) is 12.2. The van der Waals surface area contributed by atoms with Crippen molar-refractivity contribution < 1.29 is 4.74 Å². The number of guanidine groups is 1. The van der Waals surface area contributed by atoms with Crippen LogP contribution in [0.25, 0.3) is 21.8 Å². The van der Waals surface area contributed by atoms with E-state index in [-0.39, 0.29) is 0 Å². The summed E-state index contributed by atoms with van der Waals surface area (Å²) < 4.78 is 5.34. The number of hydrazone groups is 1. The van der Waals surface area contributed by atoms with E-state index in [1.807, 2.05) is 30.5 Å². The second-order valence-electron chi connectivity index (χ2n) is 7.85. The summed E-state index contributed by atoms with van der Waals surface area (Å²) in [4.78, 5) is 11.1. The van der Waals surface area contributed by atoms with Crippen LogP contribution in [0.5, 0.6) is 5.75 Å². The number of aryl methyl sites for hydroxylation is 2. The Hall–Kier alpha value is -3.74. The van der Waals surface area contributed by atoms with E-state index in [0.29, 0.717) is 18.9 Å². The first kappa shape index (κ1) is 21.5. The number of nitrogens with zero attached hydrogens (tertiary/aromatic N) is 2. The van der Waals surface area contributed by atoms with Crippen molar-refractivity contribution in [2.24, 2.45) is 15.8 Å². The third kappa shape index (κ3) is 4.94. The number of benzene rings is 2. The lowest BCUT2D eigenvalue weighted by Crippen LogP contribution is -2.27. The molecule has 0 fully saturated rings. The van der Waals surface area contributed by atoms with Gasteiger partial charge in [0, 0.05) is 52.9 Å². The lowest BCUT2D eigenvalue weighted by molar-refractivity contribution is 0.415. The van der Waals surface area contributed by atoms with Gasteiger partial charge >= 0.3 is 0 Å². The number of ether oxygens (including phenoxy) is 1. The number of H-pyrrole nitrogens is 2. The highest BCUT2D eigenvalue weighted by molar-refractivity contribution is 5.88. The van der Waals surface area contributed by atoms with Crippen LogP contribution in [0.3, 0.4) is 0 Å². The van der Waals surface area contributed by atoms with Crippen molar-refractivity contribution >= 4 is 34.0 Å². The van der Waals surface area contributed by atoms with Crippen molar-refractivity contribution in [2.45, 2.75) is 32.6 Å². The van der Waals surface area contributed by atoms with Crippen LogP contribution in [0.1, 0.15) is 29.7 Å². The molecule has 0 spiro atoms. The zero-order valence-corrected chi connectivity index (χ0v) is 18.6. The average Bonchev–Trinajstić information content (AvgIpc) is 3.36. The fraction of sp³-hybridized carbons (Fsp3) is 0.280. The van der Waals surface area contributed by atoms with Gasteiger partial charge in [-0.05, 0) is 61.6 Å². The van der Waals surface area contributed by atoms with Gasteiger partial charge in [0.15, 0.2) is 0 Å². The number of aromatic nitrogens is 2. The molecule has 32 heavy (non-hydrogen) atoms. The number of nitrogens with one attached hydrogen (secondary N) is 3. The molecule has 0 saturated carbocycles. The minimum Gasteiger partial charge on any atom is -0.497 e. The number of para-hydroxylation sites is 1. The number of aromatic amines is 2. The van der Waals surface area contributed by atoms with E-state index in [1.54, 1.807) is 7.11 Å². The molecule has 0 aliphatic heterocycles. The molecule has 2 aromatic heterocycles. The Balaban J connectivity index is 1.23. The first-order chi connectivity index (χ1) is 15.7. The maximum atomic E-state index is 5.94. The maximum absolute atomic E-state index is 5.94. The van der Waals surface area contributed by atoms with E-state index >= 15 is 0 Å². The van der Waals surface area contributed by atoms with E-state index in [1.165, 1.54) is 22.0 Å². The van der Waals surface area contributed by atoms with E-state index in [9.17, 15) is 0 Å². The zero-order valence-electron chi connectivity index (χ0n) is 18.6. The summed E-state index contributed by atoms with van der Waals surface area (Å²) in [6, 6.07) is 14.4. The molecular weight excluding hydrogens is 400 g/mol. The number of fused-ring (bicyclic) bond motifs is 2. The Kier molecular flexibility index (Phi) is 6.75. The van der Waals surface area contributed by atoms with Crippen molar-refractivity contribution in [2.75, 3.05) is 13.7 Å². The number of hydrogen-bond acceptors (Lipinski definition) is 3. The minimum absolute atomic E-state index is 0.339. The smallest absolute Gasteiger partial charge is 0.209 e. The summed E-state index contributed by atoms with van der Waals surface area (Å²) in [5.41, 5.74) is 14.7. The van der Waals surface area contributed by atoms with Gasteiger partial charge in [0.25, 0.3) is 0 Å². The minimum atomic E-state index is 0.339. The van der Waals surface area contributed by atoms with Gasteiger partial charge in [-0.2, -0.15) is 5.10 Å². The molecule has 0 atom stereocenters. The van der Waals surface area contributed by atoms with Gasteiger partial charge in [-0.25, -0.2) is 5.43 Å². The SMILES string of the molecule is COc1ccc2[nH]c(C)c(C/C=N/NC(N)=NCCCCc3c[nH]c4ccccc34)c2c1. The highest BCUT2D eigenvalue weighted by atomic mass is 16.5. The molecule has 166 valence electrons. The number of nitrogens with two attached hydrogens (primary N) is 1. The molecular formula is C25H30N6O. The fourth-order valence-electron chi connectivity index (χ4n) is 4.00. The third-order valence-electron chi connectivity index (χ3n) is 5.70. The molecule has 4 aromatic rings. The molecule has 4 rings (SSSR count). The lowest BCUT2D eigenvalue weighted by atomic mass is 10.1. The van der Waals surface area contributed by atoms with Gasteiger partial charge in [-0.3, -0.25) is 4.99 Å². The van der Waals surface area contributed by atoms with Crippen LogP contribution in [0, 0.1) is 6.92 Å². The summed E-state index contributed by atoms with van der Waals surface area (Å²) in [7, 11) is 1.68. The first-order valence-corrected chi connectivity index (χ1v) is 10.9. The largest absolute Gasteiger partial charge is 0.497 e. The Morgan fingerprint density at radius 1 is 1.12 bits per heavy atom. The molecule has 0 radical (unpaired) electrons. The van der Waals surface area contributed by atoms with Gasteiger partial charge in [0.1, 0.15) is 5.75 Å². The molecule has 0 aliphatic carbocycles. The van der Waals surface area contributed by atoms with Crippen LogP contribution in [0.4, 0.5) is 0 Å². The molecule has 2 aromatic carbocycles. The van der Waals surface area contributed by atoms with Crippen LogP contribution in [0.15, 0.2) is 58.8 Å². The van der Waals surface area contributed by atoms with Crippen molar-refractivity contribution in [3.63, 3.8) is 0 Å². The lowest BCUT2D eigenvalue weighted by Gasteiger charge is -2.02. The van der Waals surface area contributed by atoms with E-state index in [4.69, 9.17) is 10.5 Å². The number of methoxy groups -OCH3 is 1. The first-order valence-electron chi connectivity index (χ1n) is 10.9. The number of rotatable bonds is 9. The molecule has 0 saturated heterocycles. The monoisotopic (exact) mass is 430 g/mol. The van der Waals surface area contributed by atoms with Gasteiger partial charge in [0.2, 0.25) is 5.96 Å². The van der Waals surface area contributed by atoms with Crippen LogP contribution in [0.2, 0.25) is 0 Å². The van der Waals surface area contributed by atoms with Crippen LogP contribution in [-0.2, 0) is 12.8 Å². The topological polar surface area (TPSA) is 104 Å². The number of hydrogen-bond donors (Lipinski definition) is 4. The molecule has 0 aliphatic rings. The van der Waals surface area contributed by atoms with Gasteiger partial charge in [-0.1, -0.05) is 18.2 Å².